The highest BCUT2D eigenvalue weighted by atomic mass is 32.1. The normalized spacial score (nSPS) is 10.7. The third-order valence-electron chi connectivity index (χ3n) is 4.06. The van der Waals surface area contributed by atoms with Crippen LogP contribution in [-0.4, -0.2) is 16.0 Å². The molecule has 0 unspecified atom stereocenters. The van der Waals surface area contributed by atoms with Crippen LogP contribution in [0.15, 0.2) is 71.1 Å². The van der Waals surface area contributed by atoms with Gasteiger partial charge >= 0.3 is 0 Å². The number of amides is 1. The van der Waals surface area contributed by atoms with Crippen molar-refractivity contribution >= 4 is 40.0 Å². The number of aromatic nitrogens is 1. The first-order valence-electron chi connectivity index (χ1n) is 8.53. The molecule has 5 nitrogen and oxygen atoms in total. The Labute approximate surface area is 169 Å². The van der Waals surface area contributed by atoms with Gasteiger partial charge in [-0.05, 0) is 60.7 Å². The van der Waals surface area contributed by atoms with E-state index >= 15 is 0 Å². The van der Waals surface area contributed by atoms with Crippen molar-refractivity contribution in [3.63, 3.8) is 0 Å². The molecule has 0 radical (unpaired) electrons. The van der Waals surface area contributed by atoms with Gasteiger partial charge in [-0.15, -0.1) is 0 Å². The van der Waals surface area contributed by atoms with Gasteiger partial charge in [-0.3, -0.25) is 10.1 Å². The molecule has 0 aliphatic heterocycles. The van der Waals surface area contributed by atoms with Gasteiger partial charge in [0, 0.05) is 11.3 Å². The van der Waals surface area contributed by atoms with Crippen molar-refractivity contribution in [1.29, 1.82) is 0 Å². The van der Waals surface area contributed by atoms with Crippen LogP contribution in [0.1, 0.15) is 10.4 Å². The van der Waals surface area contributed by atoms with Crippen LogP contribution in [0, 0.1) is 11.6 Å². The van der Waals surface area contributed by atoms with E-state index in [1.165, 1.54) is 30.3 Å². The van der Waals surface area contributed by atoms with E-state index in [0.29, 0.717) is 22.4 Å². The molecule has 4 aromatic rings. The molecule has 0 saturated heterocycles. The van der Waals surface area contributed by atoms with Crippen molar-refractivity contribution in [2.75, 3.05) is 5.32 Å². The Hall–Kier alpha value is -3.65. The molecule has 2 N–H and O–H groups in total. The predicted molar refractivity (Wildman–Crippen MR) is 109 cm³/mol. The van der Waals surface area contributed by atoms with E-state index in [1.54, 1.807) is 36.4 Å². The van der Waals surface area contributed by atoms with E-state index in [-0.39, 0.29) is 22.4 Å². The summed E-state index contributed by atoms with van der Waals surface area (Å²) in [4.78, 5) is 16.5. The fourth-order valence-corrected chi connectivity index (χ4v) is 2.94. The van der Waals surface area contributed by atoms with Crippen molar-refractivity contribution in [1.82, 2.24) is 10.3 Å². The summed E-state index contributed by atoms with van der Waals surface area (Å²) in [7, 11) is 0. The third-order valence-corrected chi connectivity index (χ3v) is 4.27. The fourth-order valence-electron chi connectivity index (χ4n) is 2.73. The number of benzene rings is 3. The maximum atomic E-state index is 13.7. The Bertz CT molecular complexity index is 1240. The number of rotatable bonds is 3. The molecule has 1 amide bonds. The second kappa shape index (κ2) is 7.76. The van der Waals surface area contributed by atoms with Crippen molar-refractivity contribution in [3.8, 4) is 11.5 Å². The van der Waals surface area contributed by atoms with Crippen LogP contribution >= 0.6 is 12.2 Å². The maximum Gasteiger partial charge on any atom is 0.260 e. The minimum Gasteiger partial charge on any atom is -0.436 e. The van der Waals surface area contributed by atoms with Crippen LogP contribution in [0.4, 0.5) is 14.5 Å². The monoisotopic (exact) mass is 409 g/mol. The van der Waals surface area contributed by atoms with E-state index in [4.69, 9.17) is 16.6 Å². The minimum atomic E-state index is -0.656. The zero-order valence-corrected chi connectivity index (χ0v) is 15.6. The van der Waals surface area contributed by atoms with E-state index in [1.807, 2.05) is 0 Å². The molecule has 0 saturated carbocycles. The van der Waals surface area contributed by atoms with Gasteiger partial charge in [-0.2, -0.15) is 0 Å². The van der Waals surface area contributed by atoms with Crippen LogP contribution in [0.5, 0.6) is 0 Å². The zero-order chi connectivity index (χ0) is 20.4. The first-order valence-corrected chi connectivity index (χ1v) is 8.94. The van der Waals surface area contributed by atoms with Crippen LogP contribution in [-0.2, 0) is 0 Å². The second-order valence-corrected chi connectivity index (χ2v) is 6.51. The Morgan fingerprint density at radius 3 is 2.62 bits per heavy atom. The molecule has 0 fully saturated rings. The summed E-state index contributed by atoms with van der Waals surface area (Å²) in [5.74, 6) is -1.40. The molecule has 0 spiro atoms. The molecule has 1 aromatic heterocycles. The lowest BCUT2D eigenvalue weighted by Gasteiger charge is -2.09. The van der Waals surface area contributed by atoms with Gasteiger partial charge in [0.2, 0.25) is 5.89 Å². The van der Waals surface area contributed by atoms with Gasteiger partial charge in [-0.1, -0.05) is 18.2 Å². The zero-order valence-electron chi connectivity index (χ0n) is 14.8. The standard InChI is InChI=1S/C21H13F2N3O2S/c22-13-5-3-4-12(10-13)20-25-17-11-14(8-9-18(17)28-20)24-21(29)26-19(27)15-6-1-2-7-16(15)23/h1-11H,(H2,24,26,27,29). The third kappa shape index (κ3) is 4.12. The number of thiocarbonyl (C=S) groups is 1. The molecule has 8 heteroatoms. The van der Waals surface area contributed by atoms with E-state index in [9.17, 15) is 13.6 Å². The molecule has 1 heterocycles. The van der Waals surface area contributed by atoms with Gasteiger partial charge in [-0.25, -0.2) is 13.8 Å². The van der Waals surface area contributed by atoms with Crippen LogP contribution in [0.25, 0.3) is 22.6 Å². The van der Waals surface area contributed by atoms with Gasteiger partial charge in [0.25, 0.3) is 5.91 Å². The summed E-state index contributed by atoms with van der Waals surface area (Å²) in [6, 6.07) is 16.6. The number of fused-ring (bicyclic) bond motifs is 1. The van der Waals surface area contributed by atoms with Crippen LogP contribution in [0.3, 0.4) is 0 Å². The number of carbonyl (C=O) groups excluding carboxylic acids is 1. The lowest BCUT2D eigenvalue weighted by atomic mass is 10.2. The number of hydrogen-bond acceptors (Lipinski definition) is 4. The number of nitrogens with zero attached hydrogens (tertiary/aromatic N) is 1. The number of halogens is 2. The molecule has 0 aliphatic carbocycles. The summed E-state index contributed by atoms with van der Waals surface area (Å²) in [6.07, 6.45) is 0. The van der Waals surface area contributed by atoms with Gasteiger partial charge in [0.05, 0.1) is 5.56 Å². The number of carbonyl (C=O) groups is 1. The van der Waals surface area contributed by atoms with Gasteiger partial charge in [0.15, 0.2) is 10.7 Å². The maximum absolute atomic E-state index is 13.7. The summed E-state index contributed by atoms with van der Waals surface area (Å²) in [6.45, 7) is 0. The Kier molecular flexibility index (Phi) is 5.01. The lowest BCUT2D eigenvalue weighted by Crippen LogP contribution is -2.34. The summed E-state index contributed by atoms with van der Waals surface area (Å²) < 4.78 is 32.8. The van der Waals surface area contributed by atoms with E-state index < -0.39 is 11.7 Å². The first-order chi connectivity index (χ1) is 14.0. The number of anilines is 1. The smallest absolute Gasteiger partial charge is 0.260 e. The quantitative estimate of drug-likeness (QED) is 0.471. The first kappa shape index (κ1) is 18.7. The van der Waals surface area contributed by atoms with Gasteiger partial charge in [0.1, 0.15) is 17.2 Å². The molecule has 29 heavy (non-hydrogen) atoms. The largest absolute Gasteiger partial charge is 0.436 e. The minimum absolute atomic E-state index is 0.00597. The Morgan fingerprint density at radius 1 is 1.00 bits per heavy atom. The molecule has 0 aliphatic rings. The summed E-state index contributed by atoms with van der Waals surface area (Å²) in [5, 5.41) is 5.28. The van der Waals surface area contributed by atoms with Crippen molar-refractivity contribution in [3.05, 3.63) is 83.9 Å². The topological polar surface area (TPSA) is 67.2 Å². The number of hydrogen-bond donors (Lipinski definition) is 2. The molecule has 4 rings (SSSR count). The second-order valence-electron chi connectivity index (χ2n) is 6.10. The average molecular weight is 409 g/mol. The number of nitrogens with one attached hydrogen (secondary N) is 2. The molecule has 0 bridgehead atoms. The predicted octanol–water partition coefficient (Wildman–Crippen LogP) is 4.90. The van der Waals surface area contributed by atoms with Crippen LogP contribution in [0.2, 0.25) is 0 Å². The molecular formula is C21H13F2N3O2S. The highest BCUT2D eigenvalue weighted by Gasteiger charge is 2.13. The summed E-state index contributed by atoms with van der Waals surface area (Å²) in [5.41, 5.74) is 2.00. The van der Waals surface area contributed by atoms with Crippen molar-refractivity contribution < 1.29 is 18.0 Å². The van der Waals surface area contributed by atoms with E-state index in [0.717, 1.165) is 0 Å². The SMILES string of the molecule is O=C(NC(=S)Nc1ccc2oc(-c3cccc(F)c3)nc2c1)c1ccccc1F. The van der Waals surface area contributed by atoms with Crippen molar-refractivity contribution in [2.24, 2.45) is 0 Å². The fraction of sp³-hybridized carbons (Fsp3) is 0. The van der Waals surface area contributed by atoms with Crippen molar-refractivity contribution in [2.45, 2.75) is 0 Å². The molecule has 3 aromatic carbocycles. The average Bonchev–Trinajstić information content (AvgIpc) is 3.11. The van der Waals surface area contributed by atoms with Crippen LogP contribution < -0.4 is 10.6 Å². The molecular weight excluding hydrogens is 396 g/mol. The van der Waals surface area contributed by atoms with E-state index in [2.05, 4.69) is 15.6 Å². The summed E-state index contributed by atoms with van der Waals surface area (Å²) >= 11 is 5.12. The Morgan fingerprint density at radius 2 is 1.83 bits per heavy atom. The highest BCUT2D eigenvalue weighted by Crippen LogP contribution is 2.26. The number of oxazole rings is 1. The Balaban J connectivity index is 1.50. The molecule has 144 valence electrons. The van der Waals surface area contributed by atoms with Gasteiger partial charge < -0.3 is 9.73 Å². The highest BCUT2D eigenvalue weighted by molar-refractivity contribution is 7.80. The molecule has 0 atom stereocenters. The lowest BCUT2D eigenvalue weighted by molar-refractivity contribution is 0.0974.